The van der Waals surface area contributed by atoms with Crippen LogP contribution in [0.3, 0.4) is 0 Å². The fourth-order valence-electron chi connectivity index (χ4n) is 1.86. The minimum absolute atomic E-state index is 0.147. The minimum Gasteiger partial charge on any atom is -0.347 e. The maximum absolute atomic E-state index is 12.0. The number of rotatable bonds is 3. The van der Waals surface area contributed by atoms with Crippen molar-refractivity contribution >= 4 is 15.7 Å². The molecule has 0 aromatic heterocycles. The van der Waals surface area contributed by atoms with Gasteiger partial charge in [0.1, 0.15) is 5.92 Å². The van der Waals surface area contributed by atoms with Crippen LogP contribution in [0.25, 0.3) is 0 Å². The van der Waals surface area contributed by atoms with E-state index in [9.17, 15) is 13.2 Å². The highest BCUT2D eigenvalue weighted by atomic mass is 32.2. The molecule has 2 unspecified atom stereocenters. The second-order valence-corrected chi connectivity index (χ2v) is 6.18. The number of hydrogen-bond donors (Lipinski definition) is 1. The molecule has 0 aliphatic carbocycles. The van der Waals surface area contributed by atoms with Crippen molar-refractivity contribution in [1.82, 2.24) is 5.32 Å². The van der Waals surface area contributed by atoms with Gasteiger partial charge in [-0.2, -0.15) is 5.26 Å². The summed E-state index contributed by atoms with van der Waals surface area (Å²) in [7, 11) is -3.22. The molecule has 0 fully saturated rings. The van der Waals surface area contributed by atoms with Crippen molar-refractivity contribution in [3.05, 3.63) is 47.4 Å². The van der Waals surface area contributed by atoms with E-state index in [-0.39, 0.29) is 5.75 Å². The van der Waals surface area contributed by atoms with Crippen LogP contribution in [-0.2, 0) is 14.6 Å². The van der Waals surface area contributed by atoms with Gasteiger partial charge in [0.15, 0.2) is 9.84 Å². The topological polar surface area (TPSA) is 87.0 Å². The summed E-state index contributed by atoms with van der Waals surface area (Å²) in [5, 5.41) is 12.7. The van der Waals surface area contributed by atoms with Gasteiger partial charge < -0.3 is 5.32 Å². The van der Waals surface area contributed by atoms with Crippen molar-refractivity contribution in [2.45, 2.75) is 12.0 Å². The minimum atomic E-state index is -3.22. The molecule has 1 aromatic carbocycles. The van der Waals surface area contributed by atoms with Crippen molar-refractivity contribution in [2.75, 3.05) is 5.75 Å². The first kappa shape index (κ1) is 13.3. The number of benzene rings is 1. The number of nitrogens with one attached hydrogen (secondary N) is 1. The summed E-state index contributed by atoms with van der Waals surface area (Å²) in [5.41, 5.74) is 0.590. The summed E-state index contributed by atoms with van der Waals surface area (Å²) in [4.78, 5) is 12.0. The first-order chi connectivity index (χ1) is 9.02. The fraction of sp³-hybridized carbons (Fsp3) is 0.231. The van der Waals surface area contributed by atoms with Crippen LogP contribution in [-0.4, -0.2) is 26.1 Å². The van der Waals surface area contributed by atoms with Crippen LogP contribution in [0.1, 0.15) is 11.5 Å². The molecule has 98 valence electrons. The second kappa shape index (κ2) is 5.24. The maximum atomic E-state index is 12.0. The number of nitriles is 1. The van der Waals surface area contributed by atoms with E-state index in [0.29, 0.717) is 5.56 Å². The largest absolute Gasteiger partial charge is 0.347 e. The number of carbonyl (C=O) groups excluding carboxylic acids is 1. The first-order valence-corrected chi connectivity index (χ1v) is 7.39. The third kappa shape index (κ3) is 3.20. The van der Waals surface area contributed by atoms with Crippen molar-refractivity contribution in [2.24, 2.45) is 0 Å². The number of nitrogens with zero attached hydrogens (tertiary/aromatic N) is 1. The van der Waals surface area contributed by atoms with E-state index >= 15 is 0 Å². The van der Waals surface area contributed by atoms with Gasteiger partial charge in [0.2, 0.25) is 5.91 Å². The van der Waals surface area contributed by atoms with Gasteiger partial charge in [0, 0.05) is 5.41 Å². The molecule has 6 heteroatoms. The summed E-state index contributed by atoms with van der Waals surface area (Å²) in [6.45, 7) is 0. The second-order valence-electron chi connectivity index (χ2n) is 4.25. The zero-order valence-corrected chi connectivity index (χ0v) is 10.8. The van der Waals surface area contributed by atoms with Gasteiger partial charge in [0.25, 0.3) is 0 Å². The van der Waals surface area contributed by atoms with E-state index in [4.69, 9.17) is 5.26 Å². The third-order valence-corrected chi connectivity index (χ3v) is 4.18. The molecule has 1 aliphatic heterocycles. The molecule has 2 rings (SSSR count). The molecular formula is C13H12N2O3S. The lowest BCUT2D eigenvalue weighted by atomic mass is 9.99. The number of amides is 1. The average Bonchev–Trinajstić information content (AvgIpc) is 2.71. The summed E-state index contributed by atoms with van der Waals surface area (Å²) >= 11 is 0. The predicted octanol–water partition coefficient (Wildman–Crippen LogP) is 0.721. The van der Waals surface area contributed by atoms with Crippen molar-refractivity contribution < 1.29 is 13.2 Å². The summed E-state index contributed by atoms with van der Waals surface area (Å²) in [6.07, 6.45) is 1.42. The smallest absolute Gasteiger partial charge is 0.242 e. The van der Waals surface area contributed by atoms with Crippen LogP contribution < -0.4 is 5.32 Å². The molecular weight excluding hydrogens is 264 g/mol. The van der Waals surface area contributed by atoms with Crippen LogP contribution in [0.2, 0.25) is 0 Å². The molecule has 1 heterocycles. The molecule has 5 nitrogen and oxygen atoms in total. The highest BCUT2D eigenvalue weighted by Gasteiger charge is 2.27. The number of carbonyl (C=O) groups is 1. The van der Waals surface area contributed by atoms with Crippen molar-refractivity contribution in [1.29, 1.82) is 5.26 Å². The zero-order valence-electron chi connectivity index (χ0n) is 9.98. The molecule has 2 atom stereocenters. The van der Waals surface area contributed by atoms with Crippen LogP contribution >= 0.6 is 0 Å². The monoisotopic (exact) mass is 276 g/mol. The van der Waals surface area contributed by atoms with Crippen LogP contribution in [0.4, 0.5) is 0 Å². The molecule has 0 saturated heterocycles. The Labute approximate surface area is 111 Å². The Morgan fingerprint density at radius 2 is 2.05 bits per heavy atom. The Morgan fingerprint density at radius 3 is 2.58 bits per heavy atom. The van der Waals surface area contributed by atoms with E-state index in [1.165, 1.54) is 6.08 Å². The third-order valence-electron chi connectivity index (χ3n) is 2.78. The maximum Gasteiger partial charge on any atom is 0.242 e. The molecule has 1 aliphatic rings. The predicted molar refractivity (Wildman–Crippen MR) is 69.7 cm³/mol. The Hall–Kier alpha value is -2.13. The van der Waals surface area contributed by atoms with Crippen molar-refractivity contribution in [3.8, 4) is 6.07 Å². The Balaban J connectivity index is 2.08. The summed E-state index contributed by atoms with van der Waals surface area (Å²) < 4.78 is 22.5. The van der Waals surface area contributed by atoms with Crippen LogP contribution in [0.15, 0.2) is 41.8 Å². The SMILES string of the molecule is N#CC(C(=O)NC1C=CS(=O)(=O)C1)c1ccccc1. The van der Waals surface area contributed by atoms with Gasteiger partial charge in [-0.1, -0.05) is 30.3 Å². The highest BCUT2D eigenvalue weighted by molar-refractivity contribution is 7.94. The molecule has 1 amide bonds. The van der Waals surface area contributed by atoms with E-state index in [0.717, 1.165) is 5.41 Å². The van der Waals surface area contributed by atoms with E-state index < -0.39 is 27.7 Å². The Bertz CT molecular complexity index is 644. The van der Waals surface area contributed by atoms with Gasteiger partial charge in [-0.3, -0.25) is 4.79 Å². The highest BCUT2D eigenvalue weighted by Crippen LogP contribution is 2.16. The molecule has 0 radical (unpaired) electrons. The average molecular weight is 276 g/mol. The lowest BCUT2D eigenvalue weighted by Crippen LogP contribution is -2.38. The standard InChI is InChI=1S/C13H12N2O3S/c14-8-12(10-4-2-1-3-5-10)13(16)15-11-6-7-19(17,18)9-11/h1-7,11-12H,9H2,(H,15,16). The molecule has 0 saturated carbocycles. The number of hydrogen-bond acceptors (Lipinski definition) is 4. The van der Waals surface area contributed by atoms with Gasteiger partial charge in [0.05, 0.1) is 17.9 Å². The quantitative estimate of drug-likeness (QED) is 0.881. The van der Waals surface area contributed by atoms with Gasteiger partial charge in [-0.25, -0.2) is 8.42 Å². The molecule has 0 spiro atoms. The number of sulfone groups is 1. The van der Waals surface area contributed by atoms with Crippen LogP contribution in [0, 0.1) is 11.3 Å². The lowest BCUT2D eigenvalue weighted by molar-refractivity contribution is -0.121. The van der Waals surface area contributed by atoms with Crippen LogP contribution in [0.5, 0.6) is 0 Å². The first-order valence-electron chi connectivity index (χ1n) is 5.68. The summed E-state index contributed by atoms with van der Waals surface area (Å²) in [6, 6.07) is 10.0. The van der Waals surface area contributed by atoms with Crippen molar-refractivity contribution in [3.63, 3.8) is 0 Å². The molecule has 19 heavy (non-hydrogen) atoms. The molecule has 1 aromatic rings. The van der Waals surface area contributed by atoms with Gasteiger partial charge in [-0.05, 0) is 11.6 Å². The zero-order chi connectivity index (χ0) is 13.9. The Kier molecular flexibility index (Phi) is 3.67. The molecule has 1 N–H and O–H groups in total. The van der Waals surface area contributed by atoms with E-state index in [1.807, 2.05) is 6.07 Å². The fourth-order valence-corrected chi connectivity index (χ4v) is 3.10. The Morgan fingerprint density at radius 1 is 1.37 bits per heavy atom. The molecule has 0 bridgehead atoms. The lowest BCUT2D eigenvalue weighted by Gasteiger charge is -2.13. The van der Waals surface area contributed by atoms with Gasteiger partial charge in [-0.15, -0.1) is 0 Å². The normalized spacial score (nSPS) is 21.5. The summed E-state index contributed by atoms with van der Waals surface area (Å²) in [5.74, 6) is -1.57. The van der Waals surface area contributed by atoms with E-state index in [2.05, 4.69) is 5.32 Å². The van der Waals surface area contributed by atoms with E-state index in [1.54, 1.807) is 30.3 Å². The van der Waals surface area contributed by atoms with Gasteiger partial charge >= 0.3 is 0 Å².